The summed E-state index contributed by atoms with van der Waals surface area (Å²) in [5, 5.41) is 5.32. The molecule has 0 saturated heterocycles. The highest BCUT2D eigenvalue weighted by Gasteiger charge is 2.33. The zero-order valence-corrected chi connectivity index (χ0v) is 16.6. The molecule has 5 nitrogen and oxygen atoms in total. The van der Waals surface area contributed by atoms with Crippen LogP contribution >= 0.6 is 11.3 Å². The van der Waals surface area contributed by atoms with Crippen molar-refractivity contribution in [2.45, 2.75) is 38.4 Å². The molecule has 27 heavy (non-hydrogen) atoms. The molecule has 4 rings (SSSR count). The van der Waals surface area contributed by atoms with E-state index in [4.69, 9.17) is 4.74 Å². The Kier molecular flexibility index (Phi) is 5.64. The summed E-state index contributed by atoms with van der Waals surface area (Å²) in [6, 6.07) is 10.6. The molecule has 144 valence electrons. The van der Waals surface area contributed by atoms with Crippen molar-refractivity contribution in [2.75, 3.05) is 26.7 Å². The third-order valence-electron chi connectivity index (χ3n) is 5.37. The number of nitrogens with zero attached hydrogens (tertiary/aromatic N) is 2. The van der Waals surface area contributed by atoms with Crippen molar-refractivity contribution >= 4 is 17.4 Å². The Morgan fingerprint density at radius 1 is 1.33 bits per heavy atom. The first-order chi connectivity index (χ1) is 13.2. The molecule has 2 aliphatic rings. The quantitative estimate of drug-likeness (QED) is 0.794. The number of para-hydroxylation sites is 1. The van der Waals surface area contributed by atoms with Crippen LogP contribution in [0, 0.1) is 0 Å². The fraction of sp³-hybridized carbons (Fsp3) is 0.476. The third kappa shape index (κ3) is 4.45. The SMILES string of the molecule is COc1ccccc1CN(C(=O)NCCN1CCc2sccc2C1)C1CC1. The van der Waals surface area contributed by atoms with Crippen LogP contribution in [0.15, 0.2) is 35.7 Å². The Hall–Kier alpha value is -2.05. The van der Waals surface area contributed by atoms with Gasteiger partial charge in [0.05, 0.1) is 13.7 Å². The van der Waals surface area contributed by atoms with Crippen LogP contribution in [-0.4, -0.2) is 48.6 Å². The highest BCUT2D eigenvalue weighted by atomic mass is 32.1. The largest absolute Gasteiger partial charge is 0.496 e. The maximum absolute atomic E-state index is 12.8. The normalized spacial score (nSPS) is 16.6. The van der Waals surface area contributed by atoms with E-state index in [1.54, 1.807) is 7.11 Å². The van der Waals surface area contributed by atoms with E-state index in [0.717, 1.165) is 50.2 Å². The van der Waals surface area contributed by atoms with E-state index in [9.17, 15) is 4.79 Å². The number of thiophene rings is 1. The van der Waals surface area contributed by atoms with E-state index in [0.29, 0.717) is 19.1 Å². The molecule has 2 amide bonds. The van der Waals surface area contributed by atoms with Gasteiger partial charge in [0, 0.05) is 42.7 Å². The Morgan fingerprint density at radius 3 is 3.00 bits per heavy atom. The van der Waals surface area contributed by atoms with Gasteiger partial charge in [0.1, 0.15) is 5.75 Å². The molecule has 0 bridgehead atoms. The number of fused-ring (bicyclic) bond motifs is 1. The monoisotopic (exact) mass is 385 g/mol. The van der Waals surface area contributed by atoms with Crippen molar-refractivity contribution in [2.24, 2.45) is 0 Å². The number of nitrogens with one attached hydrogen (secondary N) is 1. The lowest BCUT2D eigenvalue weighted by Crippen LogP contribution is -2.44. The van der Waals surface area contributed by atoms with Crippen LogP contribution in [0.2, 0.25) is 0 Å². The van der Waals surface area contributed by atoms with E-state index in [-0.39, 0.29) is 6.03 Å². The lowest BCUT2D eigenvalue weighted by Gasteiger charge is -2.28. The standard InChI is InChI=1S/C21H27N3O2S/c1-26-19-5-3-2-4-16(19)15-24(18-6-7-18)21(25)22-10-12-23-11-8-20-17(14-23)9-13-27-20/h2-5,9,13,18H,6-8,10-12,14-15H2,1H3,(H,22,25). The average Bonchev–Trinajstić information content (AvgIpc) is 3.43. The minimum absolute atomic E-state index is 0.0386. The van der Waals surface area contributed by atoms with Gasteiger partial charge >= 0.3 is 6.03 Å². The minimum Gasteiger partial charge on any atom is -0.496 e. The molecule has 6 heteroatoms. The van der Waals surface area contributed by atoms with Crippen LogP contribution in [0.3, 0.4) is 0 Å². The first-order valence-electron chi connectivity index (χ1n) is 9.68. The number of hydrogen-bond acceptors (Lipinski definition) is 4. The number of carbonyl (C=O) groups excluding carboxylic acids is 1. The molecule has 1 aliphatic carbocycles. The number of methoxy groups -OCH3 is 1. The average molecular weight is 386 g/mol. The first kappa shape index (κ1) is 18.3. The van der Waals surface area contributed by atoms with Crippen LogP contribution in [0.4, 0.5) is 4.79 Å². The predicted octanol–water partition coefficient (Wildman–Crippen LogP) is 3.49. The van der Waals surface area contributed by atoms with Crippen molar-refractivity contribution in [3.05, 3.63) is 51.7 Å². The molecular weight excluding hydrogens is 358 g/mol. The maximum atomic E-state index is 12.8. The van der Waals surface area contributed by atoms with E-state index < -0.39 is 0 Å². The van der Waals surface area contributed by atoms with E-state index >= 15 is 0 Å². The van der Waals surface area contributed by atoms with Gasteiger partial charge in [0.2, 0.25) is 0 Å². The molecular formula is C21H27N3O2S. The molecule has 0 unspecified atom stereocenters. The topological polar surface area (TPSA) is 44.8 Å². The van der Waals surface area contributed by atoms with Crippen molar-refractivity contribution in [3.8, 4) is 5.75 Å². The van der Waals surface area contributed by atoms with Gasteiger partial charge in [0.25, 0.3) is 0 Å². The van der Waals surface area contributed by atoms with Gasteiger partial charge in [-0.15, -0.1) is 11.3 Å². The molecule has 0 atom stereocenters. The van der Waals surface area contributed by atoms with Gasteiger partial charge in [-0.2, -0.15) is 0 Å². The molecule has 1 aliphatic heterocycles. The van der Waals surface area contributed by atoms with E-state index in [2.05, 4.69) is 21.7 Å². The van der Waals surface area contributed by atoms with Crippen molar-refractivity contribution in [1.29, 1.82) is 0 Å². The number of amides is 2. The first-order valence-corrected chi connectivity index (χ1v) is 10.6. The highest BCUT2D eigenvalue weighted by molar-refractivity contribution is 7.10. The molecule has 1 aromatic heterocycles. The van der Waals surface area contributed by atoms with Gasteiger partial charge in [-0.1, -0.05) is 18.2 Å². The molecule has 1 fully saturated rings. The predicted molar refractivity (Wildman–Crippen MR) is 108 cm³/mol. The fourth-order valence-corrected chi connectivity index (χ4v) is 4.58. The second-order valence-corrected chi connectivity index (χ2v) is 8.30. The summed E-state index contributed by atoms with van der Waals surface area (Å²) >= 11 is 1.86. The molecule has 0 radical (unpaired) electrons. The molecule has 1 saturated carbocycles. The summed E-state index contributed by atoms with van der Waals surface area (Å²) < 4.78 is 5.44. The summed E-state index contributed by atoms with van der Waals surface area (Å²) in [5.41, 5.74) is 2.51. The minimum atomic E-state index is 0.0386. The molecule has 0 spiro atoms. The molecule has 2 aromatic rings. The number of benzene rings is 1. The number of ether oxygens (including phenoxy) is 1. The second-order valence-electron chi connectivity index (χ2n) is 7.30. The summed E-state index contributed by atoms with van der Waals surface area (Å²) in [5.74, 6) is 0.843. The second kappa shape index (κ2) is 8.31. The van der Waals surface area contributed by atoms with Gasteiger partial charge in [-0.05, 0) is 42.3 Å². The van der Waals surface area contributed by atoms with Crippen molar-refractivity contribution in [3.63, 3.8) is 0 Å². The summed E-state index contributed by atoms with van der Waals surface area (Å²) in [4.78, 5) is 18.7. The smallest absolute Gasteiger partial charge is 0.317 e. The Morgan fingerprint density at radius 2 is 2.19 bits per heavy atom. The van der Waals surface area contributed by atoms with Crippen molar-refractivity contribution in [1.82, 2.24) is 15.1 Å². The molecule has 2 heterocycles. The van der Waals surface area contributed by atoms with Crippen LogP contribution in [0.25, 0.3) is 0 Å². The van der Waals surface area contributed by atoms with Gasteiger partial charge in [-0.25, -0.2) is 4.79 Å². The van der Waals surface area contributed by atoms with Crippen LogP contribution in [0.1, 0.15) is 28.8 Å². The van der Waals surface area contributed by atoms with Crippen molar-refractivity contribution < 1.29 is 9.53 Å². The fourth-order valence-electron chi connectivity index (χ4n) is 3.69. The zero-order valence-electron chi connectivity index (χ0n) is 15.8. The zero-order chi connectivity index (χ0) is 18.6. The summed E-state index contributed by atoms with van der Waals surface area (Å²) in [7, 11) is 1.68. The Balaban J connectivity index is 1.29. The van der Waals surface area contributed by atoms with E-state index in [1.165, 1.54) is 10.4 Å². The van der Waals surface area contributed by atoms with Gasteiger partial charge in [-0.3, -0.25) is 4.90 Å². The van der Waals surface area contributed by atoms with Gasteiger partial charge in [0.15, 0.2) is 0 Å². The molecule has 1 N–H and O–H groups in total. The third-order valence-corrected chi connectivity index (χ3v) is 6.40. The summed E-state index contributed by atoms with van der Waals surface area (Å²) in [6.07, 6.45) is 3.31. The number of rotatable bonds is 7. The van der Waals surface area contributed by atoms with Gasteiger partial charge < -0.3 is 15.0 Å². The van der Waals surface area contributed by atoms with Crippen LogP contribution in [-0.2, 0) is 19.5 Å². The van der Waals surface area contributed by atoms with Crippen LogP contribution in [0.5, 0.6) is 5.75 Å². The lowest BCUT2D eigenvalue weighted by molar-refractivity contribution is 0.187. The maximum Gasteiger partial charge on any atom is 0.317 e. The van der Waals surface area contributed by atoms with E-state index in [1.807, 2.05) is 40.5 Å². The Bertz CT molecular complexity index is 787. The molecule has 1 aromatic carbocycles. The number of hydrogen-bond donors (Lipinski definition) is 1. The summed E-state index contributed by atoms with van der Waals surface area (Å²) in [6.45, 7) is 4.27. The lowest BCUT2D eigenvalue weighted by atomic mass is 10.1. The number of carbonyl (C=O) groups is 1. The highest BCUT2D eigenvalue weighted by Crippen LogP contribution is 2.30. The van der Waals surface area contributed by atoms with Crippen LogP contribution < -0.4 is 10.1 Å². The number of urea groups is 1. The Labute approximate surface area is 164 Å².